The lowest BCUT2D eigenvalue weighted by Crippen LogP contribution is -1.99. The third-order valence-electron chi connectivity index (χ3n) is 2.86. The topological polar surface area (TPSA) is 42.4 Å². The Labute approximate surface area is 125 Å². The summed E-state index contributed by atoms with van der Waals surface area (Å²) in [5.41, 5.74) is 1.33. The summed E-state index contributed by atoms with van der Waals surface area (Å²) in [4.78, 5) is 3.90. The molecule has 1 N–H and O–H groups in total. The molecule has 0 atom stereocenters. The van der Waals surface area contributed by atoms with Crippen molar-refractivity contribution in [3.8, 4) is 11.6 Å². The Morgan fingerprint density at radius 3 is 2.75 bits per heavy atom. The second-order valence-electron chi connectivity index (χ2n) is 4.71. The molecule has 0 aliphatic heterocycles. The van der Waals surface area contributed by atoms with Crippen LogP contribution in [-0.4, -0.2) is 10.1 Å². The molecule has 0 amide bonds. The summed E-state index contributed by atoms with van der Waals surface area (Å²) in [5.74, 6) is 0.636. The van der Waals surface area contributed by atoms with Gasteiger partial charge in [0, 0.05) is 10.0 Å². The molecular formula is C15H15BrFNO2. The SMILES string of the molecule is CC(C)c1cc(Br)ccc1Oc1ncc(F)cc1CO. The molecule has 5 heteroatoms. The van der Waals surface area contributed by atoms with Crippen LogP contribution in [0.2, 0.25) is 0 Å². The minimum Gasteiger partial charge on any atom is -0.438 e. The summed E-state index contributed by atoms with van der Waals surface area (Å²) in [7, 11) is 0. The molecule has 3 nitrogen and oxygen atoms in total. The minimum atomic E-state index is -0.499. The van der Waals surface area contributed by atoms with Gasteiger partial charge in [0.25, 0.3) is 0 Å². The van der Waals surface area contributed by atoms with Crippen molar-refractivity contribution in [2.24, 2.45) is 0 Å². The smallest absolute Gasteiger partial charge is 0.224 e. The number of ether oxygens (including phenoxy) is 1. The van der Waals surface area contributed by atoms with Crippen LogP contribution < -0.4 is 4.74 Å². The van der Waals surface area contributed by atoms with Crippen molar-refractivity contribution < 1.29 is 14.2 Å². The number of aliphatic hydroxyl groups excluding tert-OH is 1. The molecule has 0 saturated heterocycles. The number of benzene rings is 1. The van der Waals surface area contributed by atoms with Crippen LogP contribution in [0.25, 0.3) is 0 Å². The van der Waals surface area contributed by atoms with Crippen LogP contribution >= 0.6 is 15.9 Å². The first kappa shape index (κ1) is 14.9. The van der Waals surface area contributed by atoms with Crippen LogP contribution in [0, 0.1) is 5.82 Å². The highest BCUT2D eigenvalue weighted by Crippen LogP contribution is 2.33. The Morgan fingerprint density at radius 2 is 2.10 bits per heavy atom. The molecule has 0 saturated carbocycles. The molecular weight excluding hydrogens is 325 g/mol. The molecule has 2 rings (SSSR count). The monoisotopic (exact) mass is 339 g/mol. The van der Waals surface area contributed by atoms with Gasteiger partial charge in [0.05, 0.1) is 12.8 Å². The second kappa shape index (κ2) is 6.33. The average molecular weight is 340 g/mol. The number of hydrogen-bond donors (Lipinski definition) is 1. The van der Waals surface area contributed by atoms with E-state index in [2.05, 4.69) is 34.8 Å². The summed E-state index contributed by atoms with van der Waals surface area (Å²) in [5, 5.41) is 9.25. The van der Waals surface area contributed by atoms with Crippen molar-refractivity contribution in [2.45, 2.75) is 26.4 Å². The zero-order valence-corrected chi connectivity index (χ0v) is 12.8. The summed E-state index contributed by atoms with van der Waals surface area (Å²) >= 11 is 3.43. The van der Waals surface area contributed by atoms with Crippen LogP contribution in [0.15, 0.2) is 34.9 Å². The fourth-order valence-electron chi connectivity index (χ4n) is 1.84. The Morgan fingerprint density at radius 1 is 1.35 bits per heavy atom. The lowest BCUT2D eigenvalue weighted by molar-refractivity contribution is 0.274. The molecule has 0 radical (unpaired) electrons. The number of aliphatic hydroxyl groups is 1. The molecule has 1 aromatic heterocycles. The van der Waals surface area contributed by atoms with Gasteiger partial charge in [-0.05, 0) is 35.7 Å². The Hall–Kier alpha value is -1.46. The molecule has 0 spiro atoms. The molecule has 0 aliphatic rings. The molecule has 20 heavy (non-hydrogen) atoms. The summed E-state index contributed by atoms with van der Waals surface area (Å²) in [6.45, 7) is 3.78. The van der Waals surface area contributed by atoms with Crippen LogP contribution in [-0.2, 0) is 6.61 Å². The van der Waals surface area contributed by atoms with Gasteiger partial charge in [-0.25, -0.2) is 9.37 Å². The first-order valence-electron chi connectivity index (χ1n) is 6.24. The van der Waals surface area contributed by atoms with E-state index in [9.17, 15) is 9.50 Å². The minimum absolute atomic E-state index is 0.220. The number of nitrogens with zero attached hydrogens (tertiary/aromatic N) is 1. The molecule has 1 heterocycles. The summed E-state index contributed by atoms with van der Waals surface area (Å²) in [6.07, 6.45) is 1.07. The largest absolute Gasteiger partial charge is 0.438 e. The van der Waals surface area contributed by atoms with Gasteiger partial charge in [0.2, 0.25) is 5.88 Å². The van der Waals surface area contributed by atoms with Gasteiger partial charge in [-0.15, -0.1) is 0 Å². The van der Waals surface area contributed by atoms with E-state index in [0.717, 1.165) is 16.2 Å². The van der Waals surface area contributed by atoms with E-state index in [-0.39, 0.29) is 18.4 Å². The molecule has 106 valence electrons. The third-order valence-corrected chi connectivity index (χ3v) is 3.36. The lowest BCUT2D eigenvalue weighted by Gasteiger charge is -2.15. The van der Waals surface area contributed by atoms with Crippen molar-refractivity contribution in [1.82, 2.24) is 4.98 Å². The number of hydrogen-bond acceptors (Lipinski definition) is 3. The van der Waals surface area contributed by atoms with Crippen molar-refractivity contribution >= 4 is 15.9 Å². The molecule has 0 bridgehead atoms. The van der Waals surface area contributed by atoms with Gasteiger partial charge in [-0.3, -0.25) is 0 Å². The van der Waals surface area contributed by atoms with Gasteiger partial charge in [0.15, 0.2) is 0 Å². The van der Waals surface area contributed by atoms with Crippen molar-refractivity contribution in [2.75, 3.05) is 0 Å². The molecule has 0 aliphatic carbocycles. The fourth-order valence-corrected chi connectivity index (χ4v) is 2.22. The predicted octanol–water partition coefficient (Wildman–Crippen LogP) is 4.39. The van der Waals surface area contributed by atoms with Crippen molar-refractivity contribution in [3.05, 3.63) is 51.9 Å². The first-order valence-corrected chi connectivity index (χ1v) is 7.03. The van der Waals surface area contributed by atoms with Crippen LogP contribution in [0.3, 0.4) is 0 Å². The van der Waals surface area contributed by atoms with Crippen molar-refractivity contribution in [1.29, 1.82) is 0 Å². The van der Waals surface area contributed by atoms with Crippen LogP contribution in [0.4, 0.5) is 4.39 Å². The normalized spacial score (nSPS) is 10.9. The van der Waals surface area contributed by atoms with Gasteiger partial charge >= 0.3 is 0 Å². The fraction of sp³-hybridized carbons (Fsp3) is 0.267. The number of aromatic nitrogens is 1. The predicted molar refractivity (Wildman–Crippen MR) is 78.4 cm³/mol. The van der Waals surface area contributed by atoms with E-state index in [4.69, 9.17) is 4.74 Å². The average Bonchev–Trinajstić information content (AvgIpc) is 2.42. The molecule has 0 fully saturated rings. The summed E-state index contributed by atoms with van der Waals surface area (Å²) in [6, 6.07) is 6.88. The highest BCUT2D eigenvalue weighted by Gasteiger charge is 2.13. The first-order chi connectivity index (χ1) is 9.51. The number of pyridine rings is 1. The molecule has 2 aromatic rings. The van der Waals surface area contributed by atoms with E-state index < -0.39 is 5.82 Å². The maximum absolute atomic E-state index is 13.1. The van der Waals surface area contributed by atoms with Crippen LogP contribution in [0.5, 0.6) is 11.6 Å². The van der Waals surface area contributed by atoms with Gasteiger partial charge < -0.3 is 9.84 Å². The van der Waals surface area contributed by atoms with Gasteiger partial charge in [-0.2, -0.15) is 0 Å². The van der Waals surface area contributed by atoms with E-state index in [1.54, 1.807) is 0 Å². The van der Waals surface area contributed by atoms with Crippen LogP contribution in [0.1, 0.15) is 30.9 Å². The zero-order chi connectivity index (χ0) is 14.7. The highest BCUT2D eigenvalue weighted by atomic mass is 79.9. The van der Waals surface area contributed by atoms with E-state index >= 15 is 0 Å². The third kappa shape index (κ3) is 3.35. The second-order valence-corrected chi connectivity index (χ2v) is 5.63. The molecule has 1 aromatic carbocycles. The maximum atomic E-state index is 13.1. The number of rotatable bonds is 4. The summed E-state index contributed by atoms with van der Waals surface area (Å²) < 4.78 is 19.8. The van der Waals surface area contributed by atoms with Crippen molar-refractivity contribution in [3.63, 3.8) is 0 Å². The quantitative estimate of drug-likeness (QED) is 0.898. The van der Waals surface area contributed by atoms with Gasteiger partial charge in [0.1, 0.15) is 11.6 Å². The zero-order valence-electron chi connectivity index (χ0n) is 11.2. The molecule has 0 unspecified atom stereocenters. The van der Waals surface area contributed by atoms with E-state index in [1.807, 2.05) is 18.2 Å². The van der Waals surface area contributed by atoms with E-state index in [1.165, 1.54) is 6.07 Å². The standard InChI is InChI=1S/C15H15BrFNO2/c1-9(2)13-6-11(16)3-4-14(13)20-15-10(8-19)5-12(17)7-18-15/h3-7,9,19H,8H2,1-2H3. The lowest BCUT2D eigenvalue weighted by atomic mass is 10.0. The Bertz CT molecular complexity index is 617. The van der Waals surface area contributed by atoms with E-state index in [0.29, 0.717) is 11.3 Å². The Balaban J connectivity index is 2.39. The number of halogens is 2. The highest BCUT2D eigenvalue weighted by molar-refractivity contribution is 9.10. The Kier molecular flexibility index (Phi) is 4.73. The van der Waals surface area contributed by atoms with Gasteiger partial charge in [-0.1, -0.05) is 29.8 Å². The maximum Gasteiger partial charge on any atom is 0.224 e.